The molecule has 0 aliphatic carbocycles. The molecule has 5 rings (SSSR count). The normalized spacial score (nSPS) is 19.2. The van der Waals surface area contributed by atoms with E-state index in [1.54, 1.807) is 0 Å². The molecule has 51 heavy (non-hydrogen) atoms. The van der Waals surface area contributed by atoms with Crippen LogP contribution < -0.4 is 10.9 Å². The van der Waals surface area contributed by atoms with Crippen molar-refractivity contribution in [1.29, 1.82) is 0 Å². The lowest BCUT2D eigenvalue weighted by Crippen LogP contribution is -2.41. The fourth-order valence-corrected chi connectivity index (χ4v) is 7.79. The number of unbranched alkanes of at least 4 members (excludes halogenated alkanes) is 17. The van der Waals surface area contributed by atoms with Gasteiger partial charge in [0.1, 0.15) is 0 Å². The van der Waals surface area contributed by atoms with Crippen LogP contribution in [0.3, 0.4) is 0 Å². The van der Waals surface area contributed by atoms with Gasteiger partial charge in [-0.2, -0.15) is 0 Å². The Morgan fingerprint density at radius 2 is 0.725 bits per heavy atom. The molecule has 2 fully saturated rings. The molecule has 0 N–H and O–H groups in total. The van der Waals surface area contributed by atoms with Gasteiger partial charge in [-0.15, -0.1) is 0 Å². The molecule has 5 nitrogen and oxygen atoms in total. The second-order valence-corrected chi connectivity index (χ2v) is 17.9. The Labute approximate surface area is 312 Å². The van der Waals surface area contributed by atoms with Crippen molar-refractivity contribution in [3.05, 3.63) is 36.4 Å². The standard InChI is InChI=1S/C44H71B2NO4/c1-10-11-12-13-14-15-16-17-18-19-20-21-22-23-24-25-26-27-32-47-39-33-35(45-48-41(2,3)42(4,5)49-45)28-30-37(39)38-31-29-36(34-40(38)47)46-50-43(6,7)44(8,9)51-46/h28-31,33-34H,10-27,32H2,1-9H3. The van der Waals surface area contributed by atoms with Gasteiger partial charge >= 0.3 is 14.2 Å². The Hall–Kier alpha value is -1.79. The summed E-state index contributed by atoms with van der Waals surface area (Å²) in [6, 6.07) is 13.5. The predicted molar refractivity (Wildman–Crippen MR) is 220 cm³/mol. The highest BCUT2D eigenvalue weighted by Crippen LogP contribution is 2.39. The van der Waals surface area contributed by atoms with Gasteiger partial charge in [-0.05, 0) is 84.9 Å². The Balaban J connectivity index is 1.15. The molecule has 0 spiro atoms. The zero-order valence-electron chi connectivity index (χ0n) is 34.1. The summed E-state index contributed by atoms with van der Waals surface area (Å²) < 4.78 is 28.4. The summed E-state index contributed by atoms with van der Waals surface area (Å²) in [5.41, 5.74) is 3.16. The molecule has 2 saturated heterocycles. The molecule has 2 aliphatic heterocycles. The first-order valence-electron chi connectivity index (χ1n) is 21.0. The average molecular weight is 700 g/mol. The van der Waals surface area contributed by atoms with Crippen molar-refractivity contribution in [2.45, 2.75) is 207 Å². The van der Waals surface area contributed by atoms with Crippen LogP contribution in [0, 0.1) is 0 Å². The van der Waals surface area contributed by atoms with Gasteiger partial charge in [0.15, 0.2) is 0 Å². The number of aryl methyl sites for hydroxylation is 1. The topological polar surface area (TPSA) is 41.9 Å². The molecular formula is C44H71B2NO4. The average Bonchev–Trinajstić information content (AvgIpc) is 3.59. The summed E-state index contributed by atoms with van der Waals surface area (Å²) in [4.78, 5) is 0. The molecule has 0 amide bonds. The highest BCUT2D eigenvalue weighted by Gasteiger charge is 2.53. The molecule has 2 aliphatic rings. The van der Waals surface area contributed by atoms with Crippen LogP contribution in [0.2, 0.25) is 0 Å². The van der Waals surface area contributed by atoms with E-state index in [0.29, 0.717) is 0 Å². The Kier molecular flexibility index (Phi) is 13.9. The summed E-state index contributed by atoms with van der Waals surface area (Å²) in [7, 11) is -0.757. The van der Waals surface area contributed by atoms with Crippen molar-refractivity contribution >= 4 is 47.0 Å². The van der Waals surface area contributed by atoms with E-state index in [-0.39, 0.29) is 36.6 Å². The largest absolute Gasteiger partial charge is 0.494 e. The smallest absolute Gasteiger partial charge is 0.399 e. The molecule has 7 heteroatoms. The van der Waals surface area contributed by atoms with Crippen LogP contribution in [-0.4, -0.2) is 41.2 Å². The van der Waals surface area contributed by atoms with Crippen molar-refractivity contribution < 1.29 is 18.6 Å². The highest BCUT2D eigenvalue weighted by molar-refractivity contribution is 6.63. The molecular weight excluding hydrogens is 628 g/mol. The van der Waals surface area contributed by atoms with Gasteiger partial charge in [-0.1, -0.05) is 140 Å². The van der Waals surface area contributed by atoms with Crippen LogP contribution in [0.25, 0.3) is 21.8 Å². The van der Waals surface area contributed by atoms with E-state index in [9.17, 15) is 0 Å². The number of benzene rings is 2. The number of aromatic nitrogens is 1. The SMILES string of the molecule is CCCCCCCCCCCCCCCCCCCCn1c2cc(B3OC(C)(C)C(C)(C)O3)ccc2c2ccc(B3OC(C)(C)C(C)(C)O3)cc21. The Morgan fingerprint density at radius 3 is 1.04 bits per heavy atom. The van der Waals surface area contributed by atoms with Crippen molar-refractivity contribution in [1.82, 2.24) is 4.57 Å². The van der Waals surface area contributed by atoms with E-state index in [0.717, 1.165) is 17.5 Å². The fourth-order valence-electron chi connectivity index (χ4n) is 7.79. The number of nitrogens with zero attached hydrogens (tertiary/aromatic N) is 1. The lowest BCUT2D eigenvalue weighted by molar-refractivity contribution is 0.00578. The van der Waals surface area contributed by atoms with E-state index in [1.165, 1.54) is 137 Å². The molecule has 0 bridgehead atoms. The molecule has 3 heterocycles. The molecule has 2 aromatic carbocycles. The Morgan fingerprint density at radius 1 is 0.431 bits per heavy atom. The van der Waals surface area contributed by atoms with E-state index < -0.39 is 0 Å². The van der Waals surface area contributed by atoms with Gasteiger partial charge in [0, 0.05) is 28.4 Å². The van der Waals surface area contributed by atoms with Crippen molar-refractivity contribution in [3.63, 3.8) is 0 Å². The van der Waals surface area contributed by atoms with Gasteiger partial charge in [0.2, 0.25) is 0 Å². The van der Waals surface area contributed by atoms with Crippen LogP contribution in [0.5, 0.6) is 0 Å². The van der Waals surface area contributed by atoms with Gasteiger partial charge in [0.25, 0.3) is 0 Å². The van der Waals surface area contributed by atoms with Crippen LogP contribution in [-0.2, 0) is 25.2 Å². The minimum absolute atomic E-state index is 0.371. The monoisotopic (exact) mass is 700 g/mol. The maximum Gasteiger partial charge on any atom is 0.494 e. The van der Waals surface area contributed by atoms with Crippen LogP contribution in [0.1, 0.15) is 178 Å². The van der Waals surface area contributed by atoms with E-state index in [4.69, 9.17) is 18.6 Å². The van der Waals surface area contributed by atoms with E-state index in [1.807, 2.05) is 0 Å². The number of hydrogen-bond donors (Lipinski definition) is 0. The highest BCUT2D eigenvalue weighted by atomic mass is 16.7. The van der Waals surface area contributed by atoms with Crippen molar-refractivity contribution in [2.24, 2.45) is 0 Å². The van der Waals surface area contributed by atoms with Crippen LogP contribution in [0.15, 0.2) is 36.4 Å². The number of rotatable bonds is 21. The first-order chi connectivity index (χ1) is 24.3. The molecule has 282 valence electrons. The predicted octanol–water partition coefficient (Wildman–Crippen LogP) is 11.4. The molecule has 1 aromatic heterocycles. The first-order valence-corrected chi connectivity index (χ1v) is 21.0. The molecule has 0 atom stereocenters. The quantitative estimate of drug-likeness (QED) is 0.0820. The van der Waals surface area contributed by atoms with Crippen molar-refractivity contribution in [2.75, 3.05) is 0 Å². The third-order valence-electron chi connectivity index (χ3n) is 12.7. The summed E-state index contributed by atoms with van der Waals surface area (Å²) >= 11 is 0. The summed E-state index contributed by atoms with van der Waals surface area (Å²) in [6.07, 6.45) is 25.0. The summed E-state index contributed by atoms with van der Waals surface area (Å²) in [5, 5.41) is 2.54. The third-order valence-corrected chi connectivity index (χ3v) is 12.7. The zero-order valence-corrected chi connectivity index (χ0v) is 34.1. The fraction of sp³-hybridized carbons (Fsp3) is 0.727. The second-order valence-electron chi connectivity index (χ2n) is 17.9. The lowest BCUT2D eigenvalue weighted by Gasteiger charge is -2.32. The van der Waals surface area contributed by atoms with Gasteiger partial charge in [0.05, 0.1) is 22.4 Å². The maximum absolute atomic E-state index is 6.47. The maximum atomic E-state index is 6.47. The summed E-state index contributed by atoms with van der Waals surface area (Å²) in [5.74, 6) is 0. The van der Waals surface area contributed by atoms with Gasteiger partial charge in [-0.25, -0.2) is 0 Å². The summed E-state index contributed by atoms with van der Waals surface area (Å²) in [6.45, 7) is 20.3. The molecule has 0 radical (unpaired) electrons. The number of hydrogen-bond acceptors (Lipinski definition) is 4. The first kappa shape index (κ1) is 40.4. The van der Waals surface area contributed by atoms with E-state index in [2.05, 4.69) is 103 Å². The number of fused-ring (bicyclic) bond motifs is 3. The van der Waals surface area contributed by atoms with Gasteiger partial charge in [-0.3, -0.25) is 0 Å². The van der Waals surface area contributed by atoms with Crippen LogP contribution >= 0.6 is 0 Å². The molecule has 3 aromatic rings. The Bertz CT molecular complexity index is 1420. The third kappa shape index (κ3) is 9.85. The molecule has 0 saturated carbocycles. The second kappa shape index (κ2) is 17.6. The van der Waals surface area contributed by atoms with Gasteiger partial charge < -0.3 is 23.2 Å². The van der Waals surface area contributed by atoms with E-state index >= 15 is 0 Å². The minimum Gasteiger partial charge on any atom is -0.399 e. The zero-order chi connectivity index (χ0) is 36.7. The molecule has 0 unspecified atom stereocenters. The minimum atomic E-state index is -0.378. The lowest BCUT2D eigenvalue weighted by atomic mass is 9.78. The van der Waals surface area contributed by atoms with Crippen LogP contribution in [0.4, 0.5) is 0 Å². The van der Waals surface area contributed by atoms with Crippen molar-refractivity contribution in [3.8, 4) is 0 Å².